The van der Waals surface area contributed by atoms with Crippen LogP contribution in [0.1, 0.15) is 38.2 Å². The molecule has 1 saturated carbocycles. The Labute approximate surface area is 155 Å². The second-order valence-corrected chi connectivity index (χ2v) is 7.01. The van der Waals surface area contributed by atoms with E-state index < -0.39 is 0 Å². The van der Waals surface area contributed by atoms with Crippen LogP contribution in [0, 0.1) is 5.92 Å². The van der Waals surface area contributed by atoms with Crippen molar-refractivity contribution in [3.63, 3.8) is 0 Å². The number of pyridine rings is 1. The molecule has 0 aromatic carbocycles. The average molecular weight is 359 g/mol. The highest BCUT2D eigenvalue weighted by molar-refractivity contribution is 5.80. The zero-order valence-corrected chi connectivity index (χ0v) is 15.7. The average Bonchev–Trinajstić information content (AvgIpc) is 3.39. The summed E-state index contributed by atoms with van der Waals surface area (Å²) < 4.78 is 5.73. The van der Waals surface area contributed by atoms with Crippen LogP contribution in [0.5, 0.6) is 5.88 Å². The molecule has 1 aromatic heterocycles. The van der Waals surface area contributed by atoms with Crippen LogP contribution in [0.2, 0.25) is 0 Å². The van der Waals surface area contributed by atoms with Gasteiger partial charge in [0.2, 0.25) is 11.8 Å². The largest absolute Gasteiger partial charge is 0.477 e. The Balaban J connectivity index is 1.45. The summed E-state index contributed by atoms with van der Waals surface area (Å²) in [5, 5.41) is 6.73. The number of nitrogens with one attached hydrogen (secondary N) is 2. The van der Waals surface area contributed by atoms with Crippen LogP contribution >= 0.6 is 0 Å². The van der Waals surface area contributed by atoms with E-state index >= 15 is 0 Å². The molecule has 7 heteroatoms. The van der Waals surface area contributed by atoms with Crippen molar-refractivity contribution in [2.24, 2.45) is 10.9 Å². The molecule has 2 N–H and O–H groups in total. The first-order chi connectivity index (χ1) is 12.7. The Hall–Kier alpha value is -2.31. The van der Waals surface area contributed by atoms with E-state index in [4.69, 9.17) is 4.74 Å². The molecule has 1 aromatic rings. The molecule has 1 atom stereocenters. The molecule has 7 nitrogen and oxygen atoms in total. The summed E-state index contributed by atoms with van der Waals surface area (Å²) in [6.07, 6.45) is 5.83. The van der Waals surface area contributed by atoms with Crippen molar-refractivity contribution in [2.45, 2.75) is 45.2 Å². The lowest BCUT2D eigenvalue weighted by Crippen LogP contribution is -2.44. The zero-order chi connectivity index (χ0) is 18.4. The molecule has 2 aliphatic rings. The highest BCUT2D eigenvalue weighted by atomic mass is 16.5. The van der Waals surface area contributed by atoms with E-state index in [0.29, 0.717) is 24.8 Å². The highest BCUT2D eigenvalue weighted by Gasteiger charge is 2.25. The predicted molar refractivity (Wildman–Crippen MR) is 101 cm³/mol. The van der Waals surface area contributed by atoms with Crippen LogP contribution in [-0.2, 0) is 11.3 Å². The van der Waals surface area contributed by atoms with Crippen molar-refractivity contribution in [3.8, 4) is 5.88 Å². The van der Waals surface area contributed by atoms with Gasteiger partial charge in [-0.3, -0.25) is 9.79 Å². The van der Waals surface area contributed by atoms with Crippen molar-refractivity contribution in [1.29, 1.82) is 0 Å². The van der Waals surface area contributed by atoms with Gasteiger partial charge in [-0.15, -0.1) is 0 Å². The lowest BCUT2D eigenvalue weighted by molar-refractivity contribution is -0.129. The minimum atomic E-state index is 0.216. The Morgan fingerprint density at radius 2 is 2.27 bits per heavy atom. The maximum atomic E-state index is 11.8. The summed E-state index contributed by atoms with van der Waals surface area (Å²) in [6, 6.07) is 4.19. The summed E-state index contributed by atoms with van der Waals surface area (Å²) in [6.45, 7) is 4.87. The number of carbonyl (C=O) groups excluding carboxylic acids is 1. The first kappa shape index (κ1) is 18.5. The Morgan fingerprint density at radius 3 is 3.00 bits per heavy atom. The van der Waals surface area contributed by atoms with Crippen LogP contribution < -0.4 is 15.4 Å². The van der Waals surface area contributed by atoms with Gasteiger partial charge in [-0.1, -0.05) is 6.92 Å². The van der Waals surface area contributed by atoms with Crippen LogP contribution in [0.3, 0.4) is 0 Å². The monoisotopic (exact) mass is 359 g/mol. The number of aliphatic imine (C=N–C) groups is 1. The maximum absolute atomic E-state index is 11.8. The summed E-state index contributed by atoms with van der Waals surface area (Å²) in [5.74, 6) is 2.36. The standard InChI is InChI=1S/C19H29N5O2/c1-3-18(25)24-9-7-16(12-24)23-19(20-2)22-11-15-6-8-21-17(10-15)26-13-14-4-5-14/h6,8,10,14,16H,3-5,7,9,11-13H2,1-2H3,(H2,20,22,23). The molecule has 2 fully saturated rings. The second kappa shape index (κ2) is 8.87. The van der Waals surface area contributed by atoms with E-state index in [9.17, 15) is 4.79 Å². The lowest BCUT2D eigenvalue weighted by Gasteiger charge is -2.18. The van der Waals surface area contributed by atoms with Crippen LogP contribution in [0.15, 0.2) is 23.3 Å². The fourth-order valence-corrected chi connectivity index (χ4v) is 3.03. The molecule has 3 rings (SSSR count). The number of hydrogen-bond acceptors (Lipinski definition) is 4. The minimum absolute atomic E-state index is 0.216. The van der Waals surface area contributed by atoms with E-state index in [-0.39, 0.29) is 11.9 Å². The topological polar surface area (TPSA) is 78.9 Å². The third-order valence-corrected chi connectivity index (χ3v) is 4.83. The number of rotatable bonds is 7. The molecule has 0 radical (unpaired) electrons. The van der Waals surface area contributed by atoms with Gasteiger partial charge in [0.25, 0.3) is 0 Å². The van der Waals surface area contributed by atoms with Crippen molar-refractivity contribution >= 4 is 11.9 Å². The molecule has 142 valence electrons. The number of carbonyl (C=O) groups is 1. The van der Waals surface area contributed by atoms with E-state index in [2.05, 4.69) is 20.6 Å². The Bertz CT molecular complexity index is 645. The fraction of sp³-hybridized carbons (Fsp3) is 0.632. The van der Waals surface area contributed by atoms with Gasteiger partial charge >= 0.3 is 0 Å². The molecule has 0 spiro atoms. The first-order valence-corrected chi connectivity index (χ1v) is 9.50. The molecule has 1 aliphatic heterocycles. The number of ether oxygens (including phenoxy) is 1. The summed E-state index contributed by atoms with van der Waals surface area (Å²) in [4.78, 5) is 22.3. The molecule has 1 aliphatic carbocycles. The highest BCUT2D eigenvalue weighted by Crippen LogP contribution is 2.29. The van der Waals surface area contributed by atoms with Gasteiger partial charge in [-0.05, 0) is 36.8 Å². The SMILES string of the molecule is CCC(=O)N1CCC(NC(=NC)NCc2ccnc(OCC3CC3)c2)C1. The second-order valence-electron chi connectivity index (χ2n) is 7.01. The summed E-state index contributed by atoms with van der Waals surface area (Å²) in [5.41, 5.74) is 1.10. The minimum Gasteiger partial charge on any atom is -0.477 e. The third kappa shape index (κ3) is 5.34. The molecule has 1 amide bonds. The smallest absolute Gasteiger partial charge is 0.222 e. The summed E-state index contributed by atoms with van der Waals surface area (Å²) in [7, 11) is 1.76. The molecule has 2 heterocycles. The normalized spacial score (nSPS) is 20.2. The number of likely N-dealkylation sites (tertiary alicyclic amines) is 1. The molecule has 0 bridgehead atoms. The van der Waals surface area contributed by atoms with Crippen molar-refractivity contribution in [1.82, 2.24) is 20.5 Å². The Kier molecular flexibility index (Phi) is 6.30. The van der Waals surface area contributed by atoms with E-state index in [0.717, 1.165) is 37.6 Å². The van der Waals surface area contributed by atoms with E-state index in [1.807, 2.05) is 24.0 Å². The predicted octanol–water partition coefficient (Wildman–Crippen LogP) is 1.55. The van der Waals surface area contributed by atoms with Gasteiger partial charge in [-0.25, -0.2) is 4.98 Å². The van der Waals surface area contributed by atoms with Gasteiger partial charge < -0.3 is 20.3 Å². The van der Waals surface area contributed by atoms with Crippen LogP contribution in [0.4, 0.5) is 0 Å². The maximum Gasteiger partial charge on any atom is 0.222 e. The quantitative estimate of drug-likeness (QED) is 0.570. The number of amides is 1. The molecule has 26 heavy (non-hydrogen) atoms. The Morgan fingerprint density at radius 1 is 1.42 bits per heavy atom. The first-order valence-electron chi connectivity index (χ1n) is 9.50. The van der Waals surface area contributed by atoms with Gasteiger partial charge in [0, 0.05) is 51.4 Å². The number of nitrogens with zero attached hydrogens (tertiary/aromatic N) is 3. The number of guanidine groups is 1. The van der Waals surface area contributed by atoms with Gasteiger partial charge in [0.05, 0.1) is 6.61 Å². The van der Waals surface area contributed by atoms with Gasteiger partial charge in [0.1, 0.15) is 0 Å². The zero-order valence-electron chi connectivity index (χ0n) is 15.7. The van der Waals surface area contributed by atoms with Gasteiger partial charge in [-0.2, -0.15) is 0 Å². The number of hydrogen-bond donors (Lipinski definition) is 2. The molecular weight excluding hydrogens is 330 g/mol. The molecule has 1 unspecified atom stereocenters. The van der Waals surface area contributed by atoms with E-state index in [1.54, 1.807) is 13.2 Å². The van der Waals surface area contributed by atoms with Gasteiger partial charge in [0.15, 0.2) is 5.96 Å². The summed E-state index contributed by atoms with van der Waals surface area (Å²) >= 11 is 0. The molecule has 1 saturated heterocycles. The van der Waals surface area contributed by atoms with Crippen molar-refractivity contribution < 1.29 is 9.53 Å². The van der Waals surface area contributed by atoms with Crippen LogP contribution in [-0.4, -0.2) is 54.5 Å². The van der Waals surface area contributed by atoms with Crippen molar-refractivity contribution in [3.05, 3.63) is 23.9 Å². The van der Waals surface area contributed by atoms with Crippen LogP contribution in [0.25, 0.3) is 0 Å². The fourth-order valence-electron chi connectivity index (χ4n) is 3.03. The number of aromatic nitrogens is 1. The third-order valence-electron chi connectivity index (χ3n) is 4.83. The lowest BCUT2D eigenvalue weighted by atomic mass is 10.2. The molecular formula is C19H29N5O2. The van der Waals surface area contributed by atoms with Crippen molar-refractivity contribution in [2.75, 3.05) is 26.7 Å². The van der Waals surface area contributed by atoms with E-state index in [1.165, 1.54) is 12.8 Å².